The van der Waals surface area contributed by atoms with Gasteiger partial charge >= 0.3 is 0 Å². The van der Waals surface area contributed by atoms with Crippen LogP contribution in [-0.2, 0) is 13.0 Å². The molecule has 6 heteroatoms. The molecule has 0 spiro atoms. The molecular formula is C32H34IN3O2. The first-order valence-electron chi connectivity index (χ1n) is 13.3. The fourth-order valence-corrected chi connectivity index (χ4v) is 5.66. The van der Waals surface area contributed by atoms with Crippen molar-refractivity contribution in [2.24, 2.45) is 0 Å². The number of hydrogen-bond acceptors (Lipinski definition) is 4. The molecule has 0 saturated carbocycles. The maximum atomic E-state index is 12.9. The summed E-state index contributed by atoms with van der Waals surface area (Å²) < 4.78 is 1.18. The van der Waals surface area contributed by atoms with Gasteiger partial charge in [-0.2, -0.15) is 0 Å². The summed E-state index contributed by atoms with van der Waals surface area (Å²) in [5, 5.41) is 15.6. The van der Waals surface area contributed by atoms with Crippen LogP contribution in [0.2, 0.25) is 0 Å². The molecule has 1 atom stereocenters. The average molecular weight is 620 g/mol. The molecule has 2 N–H and O–H groups in total. The summed E-state index contributed by atoms with van der Waals surface area (Å²) in [6.45, 7) is 4.68. The number of carbonyl (C=O) groups excluding carboxylic acids is 1. The van der Waals surface area contributed by atoms with Crippen LogP contribution in [0.15, 0.2) is 85.1 Å². The van der Waals surface area contributed by atoms with Gasteiger partial charge in [-0.3, -0.25) is 14.7 Å². The quantitative estimate of drug-likeness (QED) is 0.228. The van der Waals surface area contributed by atoms with Crippen LogP contribution in [0.1, 0.15) is 59.3 Å². The number of benzene rings is 3. The number of halogens is 1. The van der Waals surface area contributed by atoms with Crippen LogP contribution < -0.4 is 5.32 Å². The van der Waals surface area contributed by atoms with Crippen molar-refractivity contribution in [3.8, 4) is 0 Å². The third-order valence-corrected chi connectivity index (χ3v) is 8.31. The van der Waals surface area contributed by atoms with Gasteiger partial charge in [0.1, 0.15) is 0 Å². The van der Waals surface area contributed by atoms with Crippen molar-refractivity contribution in [3.63, 3.8) is 0 Å². The molecule has 5 rings (SSSR count). The zero-order valence-corrected chi connectivity index (χ0v) is 23.9. The monoisotopic (exact) mass is 619 g/mol. The zero-order chi connectivity index (χ0) is 26.5. The van der Waals surface area contributed by atoms with Gasteiger partial charge in [0.25, 0.3) is 5.91 Å². The Morgan fingerprint density at radius 2 is 1.74 bits per heavy atom. The lowest BCUT2D eigenvalue weighted by Gasteiger charge is -2.38. The summed E-state index contributed by atoms with van der Waals surface area (Å²) in [5.41, 5.74) is 4.39. The summed E-state index contributed by atoms with van der Waals surface area (Å²) in [4.78, 5) is 19.7. The van der Waals surface area contributed by atoms with Crippen molar-refractivity contribution < 1.29 is 9.90 Å². The topological polar surface area (TPSA) is 65.5 Å². The molecule has 1 unspecified atom stereocenters. The molecule has 1 aromatic heterocycles. The number of hydrogen-bond donors (Lipinski definition) is 2. The number of amides is 1. The second kappa shape index (κ2) is 11.9. The minimum atomic E-state index is -0.717. The van der Waals surface area contributed by atoms with Gasteiger partial charge in [0.05, 0.1) is 17.2 Å². The first-order chi connectivity index (χ1) is 18.4. The first kappa shape index (κ1) is 26.8. The largest absolute Gasteiger partial charge is 0.389 e. The highest BCUT2D eigenvalue weighted by atomic mass is 127. The highest BCUT2D eigenvalue weighted by molar-refractivity contribution is 14.1. The Morgan fingerprint density at radius 3 is 2.45 bits per heavy atom. The molecule has 1 saturated heterocycles. The Bertz CT molecular complexity index is 1380. The summed E-state index contributed by atoms with van der Waals surface area (Å²) in [6.07, 6.45) is 4.72. The van der Waals surface area contributed by atoms with Crippen LogP contribution in [0.5, 0.6) is 0 Å². The van der Waals surface area contributed by atoms with Gasteiger partial charge in [-0.15, -0.1) is 0 Å². The summed E-state index contributed by atoms with van der Waals surface area (Å²) >= 11 is 2.29. The van der Waals surface area contributed by atoms with Crippen LogP contribution in [-0.4, -0.2) is 39.6 Å². The van der Waals surface area contributed by atoms with Gasteiger partial charge < -0.3 is 10.4 Å². The van der Waals surface area contributed by atoms with Crippen LogP contribution in [0, 0.1) is 3.57 Å². The second-order valence-electron chi connectivity index (χ2n) is 10.4. The third kappa shape index (κ3) is 6.60. The second-order valence-corrected chi connectivity index (χ2v) is 11.6. The van der Waals surface area contributed by atoms with Gasteiger partial charge in [0.2, 0.25) is 0 Å². The minimum Gasteiger partial charge on any atom is -0.389 e. The maximum absolute atomic E-state index is 12.9. The van der Waals surface area contributed by atoms with Crippen molar-refractivity contribution in [1.82, 2.24) is 15.2 Å². The maximum Gasteiger partial charge on any atom is 0.251 e. The van der Waals surface area contributed by atoms with E-state index in [0.717, 1.165) is 60.9 Å². The van der Waals surface area contributed by atoms with E-state index in [2.05, 4.69) is 93.2 Å². The first-order valence-corrected chi connectivity index (χ1v) is 14.4. The Kier molecular flexibility index (Phi) is 8.41. The van der Waals surface area contributed by atoms with Crippen molar-refractivity contribution in [3.05, 3.63) is 111 Å². The molecule has 4 aromatic rings. The molecule has 38 heavy (non-hydrogen) atoms. The summed E-state index contributed by atoms with van der Waals surface area (Å²) in [7, 11) is 0. The minimum absolute atomic E-state index is 0.0173. The standard InChI is InChI=1S/C32H34IN3O2/c1-2-29(25-10-12-28(33)13-11-25)35-31(37)26-8-5-23(6-9-26)21-32(38)15-18-36(19-16-32)22-24-7-14-30-27(20-24)4-3-17-34-30/h3-14,17,20,29,38H,2,15-16,18-19,21-22H2,1H3,(H,35,37). The highest BCUT2D eigenvalue weighted by Gasteiger charge is 2.32. The number of nitrogens with one attached hydrogen (secondary N) is 1. The Hall–Kier alpha value is -2.81. The molecule has 2 heterocycles. The van der Waals surface area contributed by atoms with Crippen LogP contribution >= 0.6 is 22.6 Å². The van der Waals surface area contributed by atoms with E-state index >= 15 is 0 Å². The van der Waals surface area contributed by atoms with E-state index in [1.807, 2.05) is 36.5 Å². The number of fused-ring (bicyclic) bond motifs is 1. The number of piperidine rings is 1. The molecule has 5 nitrogen and oxygen atoms in total. The number of carbonyl (C=O) groups is 1. The lowest BCUT2D eigenvalue weighted by molar-refractivity contribution is -0.0224. The van der Waals surface area contributed by atoms with Crippen molar-refractivity contribution in [2.45, 2.75) is 50.8 Å². The Morgan fingerprint density at radius 1 is 1.03 bits per heavy atom. The molecular weight excluding hydrogens is 585 g/mol. The summed E-state index contributed by atoms with van der Waals surface area (Å²) in [6, 6.07) is 26.5. The lowest BCUT2D eigenvalue weighted by Crippen LogP contribution is -2.45. The zero-order valence-electron chi connectivity index (χ0n) is 21.7. The van der Waals surface area contributed by atoms with Crippen molar-refractivity contribution >= 4 is 39.4 Å². The number of aromatic nitrogens is 1. The number of pyridine rings is 1. The van der Waals surface area contributed by atoms with E-state index < -0.39 is 5.60 Å². The number of rotatable bonds is 8. The molecule has 0 bridgehead atoms. The van der Waals surface area contributed by atoms with Crippen LogP contribution in [0.3, 0.4) is 0 Å². The third-order valence-electron chi connectivity index (χ3n) is 7.60. The highest BCUT2D eigenvalue weighted by Crippen LogP contribution is 2.28. The van der Waals surface area contributed by atoms with Gasteiger partial charge in [-0.05, 0) is 101 Å². The van der Waals surface area contributed by atoms with E-state index in [1.54, 1.807) is 0 Å². The fraction of sp³-hybridized carbons (Fsp3) is 0.312. The number of aliphatic hydroxyl groups is 1. The van der Waals surface area contributed by atoms with Crippen molar-refractivity contribution in [2.75, 3.05) is 13.1 Å². The molecule has 0 radical (unpaired) electrons. The molecule has 1 aliphatic rings. The molecule has 1 amide bonds. The smallest absolute Gasteiger partial charge is 0.251 e. The Labute approximate surface area is 238 Å². The summed E-state index contributed by atoms with van der Waals surface area (Å²) in [5.74, 6) is -0.0709. The van der Waals surface area contributed by atoms with Gasteiger partial charge in [-0.25, -0.2) is 0 Å². The molecule has 0 aliphatic carbocycles. The van der Waals surface area contributed by atoms with Gasteiger partial charge in [0.15, 0.2) is 0 Å². The lowest BCUT2D eigenvalue weighted by atomic mass is 9.85. The van der Waals surface area contributed by atoms with E-state index in [-0.39, 0.29) is 11.9 Å². The Balaban J connectivity index is 1.14. The molecule has 1 fully saturated rings. The molecule has 1 aliphatic heterocycles. The van der Waals surface area contributed by atoms with Gasteiger partial charge in [0, 0.05) is 46.8 Å². The predicted octanol–water partition coefficient (Wildman–Crippen LogP) is 6.29. The van der Waals surface area contributed by atoms with Crippen LogP contribution in [0.25, 0.3) is 10.9 Å². The SMILES string of the molecule is CCC(NC(=O)c1ccc(CC2(O)CCN(Cc3ccc4ncccc4c3)CC2)cc1)c1ccc(I)cc1. The normalized spacial score (nSPS) is 16.3. The van der Waals surface area contributed by atoms with E-state index in [4.69, 9.17) is 0 Å². The molecule has 3 aromatic carbocycles. The number of likely N-dealkylation sites (tertiary alicyclic amines) is 1. The average Bonchev–Trinajstić information content (AvgIpc) is 2.94. The fourth-order valence-electron chi connectivity index (χ4n) is 5.30. The van der Waals surface area contributed by atoms with Crippen molar-refractivity contribution in [1.29, 1.82) is 0 Å². The predicted molar refractivity (Wildman–Crippen MR) is 161 cm³/mol. The number of nitrogens with zero attached hydrogens (tertiary/aromatic N) is 2. The van der Waals surface area contributed by atoms with Crippen LogP contribution in [0.4, 0.5) is 0 Å². The van der Waals surface area contributed by atoms with E-state index in [1.165, 1.54) is 9.13 Å². The van der Waals surface area contributed by atoms with E-state index in [9.17, 15) is 9.90 Å². The van der Waals surface area contributed by atoms with Gasteiger partial charge in [-0.1, -0.05) is 43.3 Å². The molecule has 196 valence electrons. The van der Waals surface area contributed by atoms with E-state index in [0.29, 0.717) is 12.0 Å².